The molecular weight excluding hydrogens is 150 g/mol. The summed E-state index contributed by atoms with van der Waals surface area (Å²) in [4.78, 5) is 0. The van der Waals surface area contributed by atoms with Gasteiger partial charge in [0.05, 0.1) is 6.61 Å². The van der Waals surface area contributed by atoms with Crippen molar-refractivity contribution in [3.05, 3.63) is 29.8 Å². The predicted octanol–water partition coefficient (Wildman–Crippen LogP) is 2.26. The lowest BCUT2D eigenvalue weighted by Gasteiger charge is -2.04. The lowest BCUT2D eigenvalue weighted by molar-refractivity contribution is 0.134. The lowest BCUT2D eigenvalue weighted by atomic mass is 10.2. The molecule has 0 radical (unpaired) electrons. The van der Waals surface area contributed by atoms with Crippen LogP contribution in [0.4, 0.5) is 5.69 Å². The summed E-state index contributed by atoms with van der Waals surface area (Å²) in [6.45, 7) is 3.47. The molecule has 0 amide bonds. The highest BCUT2D eigenvalue weighted by molar-refractivity contribution is 5.44. The molecule has 1 aromatic carbocycles. The first kappa shape index (κ1) is 9.07. The fraction of sp³-hybridized carbons (Fsp3) is 0.400. The molecule has 1 N–H and O–H groups in total. The summed E-state index contributed by atoms with van der Waals surface area (Å²) >= 11 is 0. The number of hydrogen-bond donors (Lipinski definition) is 1. The monoisotopic (exact) mass is 165 g/mol. The van der Waals surface area contributed by atoms with Crippen molar-refractivity contribution in [2.75, 3.05) is 19.0 Å². The molecule has 0 aliphatic rings. The molecule has 0 heterocycles. The van der Waals surface area contributed by atoms with E-state index in [2.05, 4.69) is 17.4 Å². The van der Waals surface area contributed by atoms with Crippen LogP contribution < -0.4 is 5.32 Å². The molecule has 0 spiro atoms. The van der Waals surface area contributed by atoms with E-state index < -0.39 is 0 Å². The van der Waals surface area contributed by atoms with Gasteiger partial charge in [0.1, 0.15) is 0 Å². The number of anilines is 1. The molecule has 1 aromatic rings. The minimum atomic E-state index is 0.700. The second-order valence-electron chi connectivity index (χ2n) is 2.59. The smallest absolute Gasteiger partial charge is 0.0717 e. The summed E-state index contributed by atoms with van der Waals surface area (Å²) in [6.07, 6.45) is 0. The van der Waals surface area contributed by atoms with Crippen molar-refractivity contribution in [1.82, 2.24) is 0 Å². The normalized spacial score (nSPS) is 9.83. The molecular formula is C10H15NO. The minimum absolute atomic E-state index is 0.700. The lowest BCUT2D eigenvalue weighted by Crippen LogP contribution is -1.93. The molecule has 0 aliphatic heterocycles. The molecule has 2 heteroatoms. The maximum absolute atomic E-state index is 5.29. The zero-order valence-electron chi connectivity index (χ0n) is 7.63. The second-order valence-corrected chi connectivity index (χ2v) is 2.59. The van der Waals surface area contributed by atoms with Crippen LogP contribution in [-0.4, -0.2) is 13.7 Å². The van der Waals surface area contributed by atoms with Crippen molar-refractivity contribution in [2.24, 2.45) is 0 Å². The Morgan fingerprint density at radius 3 is 2.92 bits per heavy atom. The van der Waals surface area contributed by atoms with E-state index in [0.717, 1.165) is 12.3 Å². The Bertz CT molecular complexity index is 235. The third-order valence-electron chi connectivity index (χ3n) is 1.69. The van der Waals surface area contributed by atoms with Gasteiger partial charge in [-0.25, -0.2) is 0 Å². The van der Waals surface area contributed by atoms with Crippen molar-refractivity contribution >= 4 is 5.69 Å². The summed E-state index contributed by atoms with van der Waals surface area (Å²) in [6, 6.07) is 8.22. The maximum Gasteiger partial charge on any atom is 0.0717 e. The first-order chi connectivity index (χ1) is 5.86. The molecule has 0 aromatic heterocycles. The van der Waals surface area contributed by atoms with Crippen LogP contribution in [0.15, 0.2) is 24.3 Å². The third kappa shape index (κ3) is 2.55. The molecule has 0 unspecified atom stereocenters. The molecule has 0 aliphatic carbocycles. The topological polar surface area (TPSA) is 21.3 Å². The van der Waals surface area contributed by atoms with Gasteiger partial charge in [-0.1, -0.05) is 12.1 Å². The van der Waals surface area contributed by atoms with Gasteiger partial charge in [0, 0.05) is 19.3 Å². The van der Waals surface area contributed by atoms with Crippen molar-refractivity contribution in [3.8, 4) is 0 Å². The number of hydrogen-bond acceptors (Lipinski definition) is 2. The number of nitrogens with one attached hydrogen (secondary N) is 1. The number of benzene rings is 1. The molecule has 0 saturated carbocycles. The maximum atomic E-state index is 5.29. The van der Waals surface area contributed by atoms with Gasteiger partial charge < -0.3 is 10.1 Å². The van der Waals surface area contributed by atoms with Gasteiger partial charge >= 0.3 is 0 Å². The van der Waals surface area contributed by atoms with Crippen molar-refractivity contribution < 1.29 is 4.74 Å². The van der Waals surface area contributed by atoms with Crippen LogP contribution in [0, 0.1) is 0 Å². The zero-order valence-corrected chi connectivity index (χ0v) is 7.63. The molecule has 12 heavy (non-hydrogen) atoms. The highest BCUT2D eigenvalue weighted by Crippen LogP contribution is 2.10. The summed E-state index contributed by atoms with van der Waals surface area (Å²) in [5, 5.41) is 3.09. The fourth-order valence-corrected chi connectivity index (χ4v) is 1.04. The average molecular weight is 165 g/mol. The Kier molecular flexibility index (Phi) is 3.61. The van der Waals surface area contributed by atoms with Gasteiger partial charge in [0.25, 0.3) is 0 Å². The van der Waals surface area contributed by atoms with Crippen LogP contribution in [0.25, 0.3) is 0 Å². The Labute approximate surface area is 73.6 Å². The predicted molar refractivity (Wildman–Crippen MR) is 51.3 cm³/mol. The van der Waals surface area contributed by atoms with Crippen LogP contribution in [0.2, 0.25) is 0 Å². The quantitative estimate of drug-likeness (QED) is 0.739. The van der Waals surface area contributed by atoms with Crippen LogP contribution in [-0.2, 0) is 11.3 Å². The van der Waals surface area contributed by atoms with E-state index in [9.17, 15) is 0 Å². The van der Waals surface area contributed by atoms with E-state index >= 15 is 0 Å². The van der Waals surface area contributed by atoms with Gasteiger partial charge in [-0.3, -0.25) is 0 Å². The molecule has 66 valence electrons. The van der Waals surface area contributed by atoms with Gasteiger partial charge in [0.15, 0.2) is 0 Å². The Balaban J connectivity index is 2.60. The van der Waals surface area contributed by atoms with Crippen molar-refractivity contribution in [2.45, 2.75) is 13.5 Å². The highest BCUT2D eigenvalue weighted by Gasteiger charge is 1.92. The van der Waals surface area contributed by atoms with Crippen LogP contribution in [0.3, 0.4) is 0 Å². The van der Waals surface area contributed by atoms with E-state index in [1.165, 1.54) is 5.56 Å². The molecule has 1 rings (SSSR count). The van der Waals surface area contributed by atoms with Crippen molar-refractivity contribution in [1.29, 1.82) is 0 Å². The van der Waals surface area contributed by atoms with E-state index in [-0.39, 0.29) is 0 Å². The van der Waals surface area contributed by atoms with Gasteiger partial charge in [0.2, 0.25) is 0 Å². The highest BCUT2D eigenvalue weighted by atomic mass is 16.5. The van der Waals surface area contributed by atoms with Gasteiger partial charge in [-0.15, -0.1) is 0 Å². The SMILES string of the molecule is CCOCc1cccc(NC)c1. The standard InChI is InChI=1S/C10H15NO/c1-3-12-8-9-5-4-6-10(7-9)11-2/h4-7,11H,3,8H2,1-2H3. The average Bonchev–Trinajstić information content (AvgIpc) is 2.15. The van der Waals surface area contributed by atoms with E-state index in [0.29, 0.717) is 6.61 Å². The molecule has 2 nitrogen and oxygen atoms in total. The van der Waals surface area contributed by atoms with Crippen LogP contribution in [0.5, 0.6) is 0 Å². The summed E-state index contributed by atoms with van der Waals surface area (Å²) in [5.41, 5.74) is 2.34. The summed E-state index contributed by atoms with van der Waals surface area (Å²) < 4.78 is 5.29. The second kappa shape index (κ2) is 4.78. The van der Waals surface area contributed by atoms with Crippen LogP contribution in [0.1, 0.15) is 12.5 Å². The first-order valence-electron chi connectivity index (χ1n) is 4.21. The molecule has 0 saturated heterocycles. The van der Waals surface area contributed by atoms with Gasteiger partial charge in [-0.05, 0) is 24.6 Å². The van der Waals surface area contributed by atoms with E-state index in [1.54, 1.807) is 0 Å². The zero-order chi connectivity index (χ0) is 8.81. The summed E-state index contributed by atoms with van der Waals surface area (Å²) in [5.74, 6) is 0. The summed E-state index contributed by atoms with van der Waals surface area (Å²) in [7, 11) is 1.92. The number of rotatable bonds is 4. The molecule has 0 fully saturated rings. The Morgan fingerprint density at radius 2 is 2.25 bits per heavy atom. The van der Waals surface area contributed by atoms with Crippen molar-refractivity contribution in [3.63, 3.8) is 0 Å². The van der Waals surface area contributed by atoms with Gasteiger partial charge in [-0.2, -0.15) is 0 Å². The molecule has 0 atom stereocenters. The van der Waals surface area contributed by atoms with Crippen LogP contribution >= 0.6 is 0 Å². The largest absolute Gasteiger partial charge is 0.388 e. The minimum Gasteiger partial charge on any atom is -0.388 e. The number of ether oxygens (including phenoxy) is 1. The fourth-order valence-electron chi connectivity index (χ4n) is 1.04. The Morgan fingerprint density at radius 1 is 1.42 bits per heavy atom. The first-order valence-corrected chi connectivity index (χ1v) is 4.21. The van der Waals surface area contributed by atoms with E-state index in [4.69, 9.17) is 4.74 Å². The molecule has 0 bridgehead atoms. The Hall–Kier alpha value is -1.02. The third-order valence-corrected chi connectivity index (χ3v) is 1.69. The van der Waals surface area contributed by atoms with E-state index in [1.807, 2.05) is 26.1 Å².